The molecule has 1 N–H and O–H groups in total. The van der Waals surface area contributed by atoms with Crippen LogP contribution in [-0.4, -0.2) is 37.1 Å². The van der Waals surface area contributed by atoms with Gasteiger partial charge in [0.1, 0.15) is 0 Å². The molecule has 0 aliphatic carbocycles. The first-order valence-electron chi connectivity index (χ1n) is 4.16. The van der Waals surface area contributed by atoms with Crippen molar-refractivity contribution in [1.82, 2.24) is 10.2 Å². The molecule has 1 fully saturated rings. The molecule has 1 atom stereocenters. The van der Waals surface area contributed by atoms with Crippen LogP contribution in [0.25, 0.3) is 0 Å². The Morgan fingerprint density at radius 2 is 2.42 bits per heavy atom. The normalized spacial score (nSPS) is 24.2. The molecule has 0 radical (unpaired) electrons. The van der Waals surface area contributed by atoms with E-state index in [-0.39, 0.29) is 21.1 Å². The quantitative estimate of drug-likeness (QED) is 0.775. The zero-order chi connectivity index (χ0) is 8.10. The van der Waals surface area contributed by atoms with Gasteiger partial charge < -0.3 is 5.32 Å². The third kappa shape index (κ3) is 3.67. The van der Waals surface area contributed by atoms with E-state index in [2.05, 4.69) is 23.2 Å². The summed E-state index contributed by atoms with van der Waals surface area (Å²) >= 11 is 0. The SMILES string of the molecule is CC1CNCCN1CCC#N.[Pt]. The fraction of sp³-hybridized carbons (Fsp3) is 0.875. The Morgan fingerprint density at radius 3 is 3.00 bits per heavy atom. The van der Waals surface area contributed by atoms with Crippen LogP contribution in [0.15, 0.2) is 0 Å². The van der Waals surface area contributed by atoms with Gasteiger partial charge in [-0.05, 0) is 6.92 Å². The largest absolute Gasteiger partial charge is 0.314 e. The second-order valence-electron chi connectivity index (χ2n) is 3.00. The van der Waals surface area contributed by atoms with Gasteiger partial charge in [0.15, 0.2) is 0 Å². The van der Waals surface area contributed by atoms with Crippen molar-refractivity contribution in [2.75, 3.05) is 26.2 Å². The Kier molecular flexibility index (Phi) is 6.65. The summed E-state index contributed by atoms with van der Waals surface area (Å²) in [5.41, 5.74) is 0. The minimum Gasteiger partial charge on any atom is -0.314 e. The van der Waals surface area contributed by atoms with Crippen molar-refractivity contribution in [1.29, 1.82) is 5.26 Å². The summed E-state index contributed by atoms with van der Waals surface area (Å²) in [4.78, 5) is 2.36. The molecule has 3 nitrogen and oxygen atoms in total. The molecule has 1 aliphatic rings. The fourth-order valence-electron chi connectivity index (χ4n) is 1.41. The molecule has 12 heavy (non-hydrogen) atoms. The molecule has 0 amide bonds. The van der Waals surface area contributed by atoms with Crippen molar-refractivity contribution in [3.05, 3.63) is 0 Å². The zero-order valence-electron chi connectivity index (χ0n) is 7.32. The van der Waals surface area contributed by atoms with Gasteiger partial charge in [-0.15, -0.1) is 0 Å². The predicted octanol–water partition coefficient (Wildman–Crippen LogP) is 0.191. The van der Waals surface area contributed by atoms with Gasteiger partial charge in [0, 0.05) is 59.7 Å². The number of piperazine rings is 1. The van der Waals surface area contributed by atoms with Gasteiger partial charge in [-0.25, -0.2) is 0 Å². The molecule has 0 saturated carbocycles. The summed E-state index contributed by atoms with van der Waals surface area (Å²) in [6, 6.07) is 2.77. The van der Waals surface area contributed by atoms with Crippen LogP contribution in [0, 0.1) is 11.3 Å². The molecule has 1 unspecified atom stereocenters. The molecule has 72 valence electrons. The third-order valence-electron chi connectivity index (χ3n) is 2.15. The van der Waals surface area contributed by atoms with E-state index in [4.69, 9.17) is 5.26 Å². The van der Waals surface area contributed by atoms with Gasteiger partial charge in [0.25, 0.3) is 0 Å². The van der Waals surface area contributed by atoms with E-state index >= 15 is 0 Å². The van der Waals surface area contributed by atoms with Gasteiger partial charge >= 0.3 is 0 Å². The molecule has 0 aromatic heterocycles. The van der Waals surface area contributed by atoms with Gasteiger partial charge in [0.2, 0.25) is 0 Å². The smallest absolute Gasteiger partial charge is 0.0635 e. The van der Waals surface area contributed by atoms with E-state index in [1.165, 1.54) is 0 Å². The molecule has 1 saturated heterocycles. The summed E-state index contributed by atoms with van der Waals surface area (Å²) < 4.78 is 0. The fourth-order valence-corrected chi connectivity index (χ4v) is 1.41. The van der Waals surface area contributed by atoms with E-state index in [9.17, 15) is 0 Å². The van der Waals surface area contributed by atoms with E-state index in [1.54, 1.807) is 0 Å². The van der Waals surface area contributed by atoms with Crippen LogP contribution in [0.5, 0.6) is 0 Å². The summed E-state index contributed by atoms with van der Waals surface area (Å²) in [7, 11) is 0. The Labute approximate surface area is 88.4 Å². The molecule has 0 bridgehead atoms. The first-order chi connectivity index (χ1) is 5.34. The van der Waals surface area contributed by atoms with Gasteiger partial charge in [-0.3, -0.25) is 4.90 Å². The molecule has 1 rings (SSSR count). The molecule has 1 heterocycles. The van der Waals surface area contributed by atoms with E-state index < -0.39 is 0 Å². The standard InChI is InChI=1S/C8H15N3.Pt/c1-8-7-10-4-6-11(8)5-2-3-9;/h8,10H,2,4-7H2,1H3;. The first-order valence-corrected chi connectivity index (χ1v) is 4.16. The monoisotopic (exact) mass is 348 g/mol. The average molecular weight is 348 g/mol. The summed E-state index contributed by atoms with van der Waals surface area (Å²) in [6.07, 6.45) is 0.657. The van der Waals surface area contributed by atoms with Gasteiger partial charge in [-0.2, -0.15) is 5.26 Å². The number of nitrogens with zero attached hydrogens (tertiary/aromatic N) is 2. The average Bonchev–Trinajstić information content (AvgIpc) is 2.03. The van der Waals surface area contributed by atoms with Crippen LogP contribution in [-0.2, 0) is 21.1 Å². The Hall–Kier alpha value is 0.0983. The van der Waals surface area contributed by atoms with Crippen LogP contribution >= 0.6 is 0 Å². The first kappa shape index (κ1) is 12.1. The Morgan fingerprint density at radius 1 is 1.67 bits per heavy atom. The second kappa shape index (κ2) is 6.60. The van der Waals surface area contributed by atoms with Crippen molar-refractivity contribution in [3.8, 4) is 6.07 Å². The van der Waals surface area contributed by atoms with Crippen LogP contribution in [0.3, 0.4) is 0 Å². The number of rotatable bonds is 2. The maximum Gasteiger partial charge on any atom is 0.0635 e. The minimum absolute atomic E-state index is 0. The van der Waals surface area contributed by atoms with Crippen LogP contribution in [0.4, 0.5) is 0 Å². The second-order valence-corrected chi connectivity index (χ2v) is 3.00. The van der Waals surface area contributed by atoms with Crippen molar-refractivity contribution < 1.29 is 21.1 Å². The topological polar surface area (TPSA) is 39.1 Å². The van der Waals surface area contributed by atoms with E-state index in [1.807, 2.05) is 0 Å². The number of nitriles is 1. The summed E-state index contributed by atoms with van der Waals surface area (Å²) in [5.74, 6) is 0. The van der Waals surface area contributed by atoms with Crippen molar-refractivity contribution in [2.24, 2.45) is 0 Å². The van der Waals surface area contributed by atoms with Crippen molar-refractivity contribution in [3.63, 3.8) is 0 Å². The molecule has 1 aliphatic heterocycles. The number of hydrogen-bond acceptors (Lipinski definition) is 3. The van der Waals surface area contributed by atoms with Crippen LogP contribution in [0.2, 0.25) is 0 Å². The molecule has 4 heteroatoms. The molecular formula is C8H15N3Pt. The van der Waals surface area contributed by atoms with Gasteiger partial charge in [-0.1, -0.05) is 0 Å². The van der Waals surface area contributed by atoms with Gasteiger partial charge in [0.05, 0.1) is 6.07 Å². The molecule has 0 spiro atoms. The van der Waals surface area contributed by atoms with E-state index in [0.717, 1.165) is 26.2 Å². The van der Waals surface area contributed by atoms with Crippen molar-refractivity contribution in [2.45, 2.75) is 19.4 Å². The maximum absolute atomic E-state index is 8.39. The predicted molar refractivity (Wildman–Crippen MR) is 44.1 cm³/mol. The van der Waals surface area contributed by atoms with Crippen molar-refractivity contribution >= 4 is 0 Å². The van der Waals surface area contributed by atoms with Crippen LogP contribution in [0.1, 0.15) is 13.3 Å². The Balaban J connectivity index is 0.00000121. The third-order valence-corrected chi connectivity index (χ3v) is 2.15. The minimum atomic E-state index is 0. The maximum atomic E-state index is 8.39. The zero-order valence-corrected chi connectivity index (χ0v) is 9.60. The summed E-state index contributed by atoms with van der Waals surface area (Å²) in [5, 5.41) is 11.7. The number of hydrogen-bond donors (Lipinski definition) is 1. The molecular weight excluding hydrogens is 333 g/mol. The molecule has 0 aromatic rings. The summed E-state index contributed by atoms with van der Waals surface area (Å²) in [6.45, 7) is 6.34. The molecule has 0 aromatic carbocycles. The Bertz CT molecular complexity index is 155. The van der Waals surface area contributed by atoms with Crippen LogP contribution < -0.4 is 5.32 Å². The van der Waals surface area contributed by atoms with E-state index in [0.29, 0.717) is 12.5 Å². The number of nitrogens with one attached hydrogen (secondary N) is 1.